The van der Waals surface area contributed by atoms with Crippen molar-refractivity contribution in [2.75, 3.05) is 7.11 Å². The van der Waals surface area contributed by atoms with E-state index >= 15 is 0 Å². The summed E-state index contributed by atoms with van der Waals surface area (Å²) in [6.07, 6.45) is 0. The molecule has 1 atom stereocenters. The second-order valence-corrected chi connectivity index (χ2v) is 4.41. The Kier molecular flexibility index (Phi) is 5.09. The first-order valence-electron chi connectivity index (χ1n) is 5.74. The Morgan fingerprint density at radius 2 is 2.17 bits per heavy atom. The van der Waals surface area contributed by atoms with Crippen molar-refractivity contribution in [1.82, 2.24) is 5.32 Å². The van der Waals surface area contributed by atoms with Gasteiger partial charge in [-0.3, -0.25) is 4.79 Å². The van der Waals surface area contributed by atoms with Gasteiger partial charge >= 0.3 is 5.97 Å². The van der Waals surface area contributed by atoms with Gasteiger partial charge in [-0.2, -0.15) is 0 Å². The molecule has 4 nitrogen and oxygen atoms in total. The number of aliphatic carboxylic acids is 1. The van der Waals surface area contributed by atoms with E-state index in [0.29, 0.717) is 12.1 Å². The summed E-state index contributed by atoms with van der Waals surface area (Å²) in [6.45, 7) is 3.94. The Hall–Kier alpha value is -1.62. The molecule has 0 radical (unpaired) electrons. The Morgan fingerprint density at radius 3 is 2.61 bits per heavy atom. The van der Waals surface area contributed by atoms with Gasteiger partial charge in [0.1, 0.15) is 6.04 Å². The van der Waals surface area contributed by atoms with Gasteiger partial charge in [0.05, 0.1) is 7.11 Å². The zero-order valence-corrected chi connectivity index (χ0v) is 10.7. The van der Waals surface area contributed by atoms with Crippen molar-refractivity contribution in [2.24, 2.45) is 5.92 Å². The molecular formula is C13H18FNO3. The molecule has 0 heterocycles. The summed E-state index contributed by atoms with van der Waals surface area (Å²) in [7, 11) is 1.40. The molecule has 0 aliphatic carbocycles. The van der Waals surface area contributed by atoms with E-state index in [1.807, 2.05) is 13.8 Å². The summed E-state index contributed by atoms with van der Waals surface area (Å²) >= 11 is 0. The number of ether oxygens (including phenoxy) is 1. The molecule has 0 aliphatic rings. The number of nitrogens with one attached hydrogen (secondary N) is 1. The normalized spacial score (nSPS) is 12.5. The average Bonchev–Trinajstić information content (AvgIpc) is 2.28. The second kappa shape index (κ2) is 6.35. The highest BCUT2D eigenvalue weighted by molar-refractivity contribution is 5.73. The van der Waals surface area contributed by atoms with E-state index in [2.05, 4.69) is 5.32 Å². The zero-order chi connectivity index (χ0) is 13.7. The fourth-order valence-electron chi connectivity index (χ4n) is 1.66. The van der Waals surface area contributed by atoms with E-state index in [1.54, 1.807) is 6.07 Å². The highest BCUT2D eigenvalue weighted by Gasteiger charge is 2.20. The van der Waals surface area contributed by atoms with Crippen LogP contribution in [0.15, 0.2) is 18.2 Å². The quantitative estimate of drug-likeness (QED) is 0.816. The zero-order valence-electron chi connectivity index (χ0n) is 10.7. The van der Waals surface area contributed by atoms with E-state index in [-0.39, 0.29) is 11.7 Å². The van der Waals surface area contributed by atoms with Crippen LogP contribution in [-0.4, -0.2) is 24.2 Å². The number of hydrogen-bond donors (Lipinski definition) is 2. The minimum absolute atomic E-state index is 0.0365. The lowest BCUT2D eigenvalue weighted by atomic mass is 10.0. The highest BCUT2D eigenvalue weighted by Crippen LogP contribution is 2.17. The van der Waals surface area contributed by atoms with Crippen LogP contribution < -0.4 is 10.1 Å². The van der Waals surface area contributed by atoms with E-state index in [1.165, 1.54) is 19.2 Å². The molecular weight excluding hydrogens is 237 g/mol. The second-order valence-electron chi connectivity index (χ2n) is 4.41. The SMILES string of the molecule is COc1ccc(CN[C@H](C(=O)O)C(C)C)cc1F. The van der Waals surface area contributed by atoms with Crippen molar-refractivity contribution in [3.8, 4) is 5.75 Å². The molecule has 100 valence electrons. The van der Waals surface area contributed by atoms with Crippen LogP contribution >= 0.6 is 0 Å². The van der Waals surface area contributed by atoms with Gasteiger partial charge in [0.25, 0.3) is 0 Å². The fourth-order valence-corrected chi connectivity index (χ4v) is 1.66. The average molecular weight is 255 g/mol. The lowest BCUT2D eigenvalue weighted by molar-refractivity contribution is -0.140. The van der Waals surface area contributed by atoms with Gasteiger partial charge in [0.15, 0.2) is 11.6 Å². The highest BCUT2D eigenvalue weighted by atomic mass is 19.1. The Balaban J connectivity index is 2.68. The molecule has 0 spiro atoms. The van der Waals surface area contributed by atoms with Crippen LogP contribution in [0.4, 0.5) is 4.39 Å². The summed E-state index contributed by atoms with van der Waals surface area (Å²) in [5.74, 6) is -1.21. The molecule has 1 aromatic carbocycles. The number of hydrogen-bond acceptors (Lipinski definition) is 3. The number of carboxylic acids is 1. The smallest absolute Gasteiger partial charge is 0.320 e. The van der Waals surface area contributed by atoms with Crippen molar-refractivity contribution in [3.63, 3.8) is 0 Å². The molecule has 18 heavy (non-hydrogen) atoms. The molecule has 1 rings (SSSR count). The molecule has 5 heteroatoms. The summed E-state index contributed by atoms with van der Waals surface area (Å²) in [5.41, 5.74) is 0.681. The molecule has 0 saturated heterocycles. The maximum atomic E-state index is 13.4. The number of rotatable bonds is 6. The van der Waals surface area contributed by atoms with Crippen molar-refractivity contribution in [2.45, 2.75) is 26.4 Å². The number of carboxylic acid groups (broad SMARTS) is 1. The van der Waals surface area contributed by atoms with E-state index < -0.39 is 17.8 Å². The summed E-state index contributed by atoms with van der Waals surface area (Å²) in [4.78, 5) is 11.0. The number of methoxy groups -OCH3 is 1. The molecule has 0 bridgehead atoms. The van der Waals surface area contributed by atoms with Gasteiger partial charge in [0, 0.05) is 6.54 Å². The van der Waals surface area contributed by atoms with Crippen LogP contribution in [0, 0.1) is 11.7 Å². The maximum absolute atomic E-state index is 13.4. The van der Waals surface area contributed by atoms with Gasteiger partial charge in [-0.05, 0) is 23.6 Å². The molecule has 0 aliphatic heterocycles. The predicted molar refractivity (Wildman–Crippen MR) is 66.1 cm³/mol. The van der Waals surface area contributed by atoms with Crippen LogP contribution in [0.5, 0.6) is 5.75 Å². The van der Waals surface area contributed by atoms with Crippen LogP contribution in [0.25, 0.3) is 0 Å². The van der Waals surface area contributed by atoms with E-state index in [4.69, 9.17) is 9.84 Å². The van der Waals surface area contributed by atoms with Crippen molar-refractivity contribution < 1.29 is 19.0 Å². The van der Waals surface area contributed by atoms with Crippen molar-refractivity contribution in [1.29, 1.82) is 0 Å². The van der Waals surface area contributed by atoms with E-state index in [0.717, 1.165) is 0 Å². The van der Waals surface area contributed by atoms with E-state index in [9.17, 15) is 9.18 Å². The van der Waals surface area contributed by atoms with Gasteiger partial charge in [-0.25, -0.2) is 4.39 Å². The monoisotopic (exact) mass is 255 g/mol. The number of carbonyl (C=O) groups is 1. The van der Waals surface area contributed by atoms with Gasteiger partial charge < -0.3 is 15.2 Å². The topological polar surface area (TPSA) is 58.6 Å². The molecule has 2 N–H and O–H groups in total. The van der Waals surface area contributed by atoms with Crippen molar-refractivity contribution >= 4 is 5.97 Å². The fraction of sp³-hybridized carbons (Fsp3) is 0.462. The third kappa shape index (κ3) is 3.70. The lowest BCUT2D eigenvalue weighted by Gasteiger charge is -2.18. The standard InChI is InChI=1S/C13H18FNO3/c1-8(2)12(13(16)17)15-7-9-4-5-11(18-3)10(14)6-9/h4-6,8,12,15H,7H2,1-3H3,(H,16,17)/t12-/m0/s1. The first kappa shape index (κ1) is 14.4. The first-order valence-corrected chi connectivity index (χ1v) is 5.74. The Morgan fingerprint density at radius 1 is 1.50 bits per heavy atom. The van der Waals surface area contributed by atoms with Crippen molar-refractivity contribution in [3.05, 3.63) is 29.6 Å². The van der Waals surface area contributed by atoms with Crippen LogP contribution in [-0.2, 0) is 11.3 Å². The lowest BCUT2D eigenvalue weighted by Crippen LogP contribution is -2.40. The summed E-state index contributed by atoms with van der Waals surface area (Å²) in [5, 5.41) is 11.9. The molecule has 0 amide bonds. The molecule has 0 aromatic heterocycles. The van der Waals surface area contributed by atoms with Crippen LogP contribution in [0.1, 0.15) is 19.4 Å². The maximum Gasteiger partial charge on any atom is 0.320 e. The van der Waals surface area contributed by atoms with Crippen LogP contribution in [0.3, 0.4) is 0 Å². The first-order chi connectivity index (χ1) is 8.45. The largest absolute Gasteiger partial charge is 0.494 e. The van der Waals surface area contributed by atoms with Gasteiger partial charge in [-0.15, -0.1) is 0 Å². The summed E-state index contributed by atoms with van der Waals surface area (Å²) < 4.78 is 18.2. The Labute approximate surface area is 106 Å². The third-order valence-corrected chi connectivity index (χ3v) is 2.68. The minimum Gasteiger partial charge on any atom is -0.494 e. The molecule has 0 saturated carbocycles. The Bertz CT molecular complexity index is 421. The predicted octanol–water partition coefficient (Wildman–Crippen LogP) is 2.03. The van der Waals surface area contributed by atoms with Crippen LogP contribution in [0.2, 0.25) is 0 Å². The third-order valence-electron chi connectivity index (χ3n) is 2.68. The number of halogens is 1. The van der Waals surface area contributed by atoms with Gasteiger partial charge in [0.2, 0.25) is 0 Å². The molecule has 0 unspecified atom stereocenters. The number of benzene rings is 1. The molecule has 1 aromatic rings. The minimum atomic E-state index is -0.904. The van der Waals surface area contributed by atoms with Gasteiger partial charge in [-0.1, -0.05) is 19.9 Å². The molecule has 0 fully saturated rings. The summed E-state index contributed by atoms with van der Waals surface area (Å²) in [6, 6.07) is 3.92.